The average molecular weight is 386 g/mol. The molecule has 0 spiro atoms. The van der Waals surface area contributed by atoms with Gasteiger partial charge in [-0.1, -0.05) is 0 Å². The quantitative estimate of drug-likeness (QED) is 0.786. The smallest absolute Gasteiger partial charge is 0.300 e. The lowest BCUT2D eigenvalue weighted by Gasteiger charge is -2.25. The summed E-state index contributed by atoms with van der Waals surface area (Å²) in [5.41, 5.74) is -0.929. The molecule has 116 valence electrons. The minimum atomic E-state index is -4.54. The molecule has 1 heterocycles. The highest BCUT2D eigenvalue weighted by atomic mass is 79.9. The van der Waals surface area contributed by atoms with E-state index >= 15 is 0 Å². The Bertz CT molecular complexity index is 663. The number of ketones is 1. The van der Waals surface area contributed by atoms with E-state index in [0.29, 0.717) is 0 Å². The standard InChI is InChI=1S/C12H11BrF3NO3S/c13-10-7-8(12(14,15)16)1-2-11(10)21(19,20)17-5-3-9(18)4-6-17/h1-2,7H,3-6H2. The van der Waals surface area contributed by atoms with E-state index in [1.807, 2.05) is 0 Å². The number of rotatable bonds is 2. The minimum Gasteiger partial charge on any atom is -0.300 e. The van der Waals surface area contributed by atoms with Gasteiger partial charge in [-0.25, -0.2) is 8.42 Å². The van der Waals surface area contributed by atoms with Crippen LogP contribution in [0.15, 0.2) is 27.6 Å². The van der Waals surface area contributed by atoms with Crippen LogP contribution in [-0.2, 0) is 21.0 Å². The van der Waals surface area contributed by atoms with Gasteiger partial charge in [-0.2, -0.15) is 17.5 Å². The zero-order valence-electron chi connectivity index (χ0n) is 10.7. The molecule has 0 saturated carbocycles. The number of Topliss-reactive ketones (excluding diaryl/α,β-unsaturated/α-hetero) is 1. The molecule has 1 aliphatic heterocycles. The molecule has 0 bridgehead atoms. The zero-order valence-corrected chi connectivity index (χ0v) is 13.1. The fourth-order valence-corrected chi connectivity index (χ4v) is 4.48. The number of hydrogen-bond donors (Lipinski definition) is 0. The van der Waals surface area contributed by atoms with Gasteiger partial charge in [0.05, 0.1) is 10.5 Å². The lowest BCUT2D eigenvalue weighted by molar-refractivity contribution is -0.137. The molecule has 2 rings (SSSR count). The molecule has 0 aliphatic carbocycles. The molecule has 0 atom stereocenters. The van der Waals surface area contributed by atoms with Crippen LogP contribution < -0.4 is 0 Å². The zero-order chi connectivity index (χ0) is 15.8. The first kappa shape index (κ1) is 16.4. The van der Waals surface area contributed by atoms with Crippen LogP contribution in [-0.4, -0.2) is 31.6 Å². The Morgan fingerprint density at radius 3 is 2.19 bits per heavy atom. The lowest BCUT2D eigenvalue weighted by Crippen LogP contribution is -2.38. The Labute approximate surface area is 128 Å². The second-order valence-corrected chi connectivity index (χ2v) is 7.35. The normalized spacial score (nSPS) is 18.0. The van der Waals surface area contributed by atoms with Gasteiger partial charge >= 0.3 is 6.18 Å². The van der Waals surface area contributed by atoms with Crippen molar-refractivity contribution in [2.75, 3.05) is 13.1 Å². The van der Waals surface area contributed by atoms with Gasteiger partial charge in [0.25, 0.3) is 0 Å². The van der Waals surface area contributed by atoms with Crippen molar-refractivity contribution in [1.29, 1.82) is 0 Å². The highest BCUT2D eigenvalue weighted by Gasteiger charge is 2.34. The van der Waals surface area contributed by atoms with Gasteiger partial charge in [0.15, 0.2) is 0 Å². The molecule has 1 aromatic rings. The van der Waals surface area contributed by atoms with Crippen LogP contribution in [0.3, 0.4) is 0 Å². The molecule has 1 fully saturated rings. The highest BCUT2D eigenvalue weighted by Crippen LogP contribution is 2.34. The Morgan fingerprint density at radius 2 is 1.71 bits per heavy atom. The van der Waals surface area contributed by atoms with E-state index in [0.717, 1.165) is 22.5 Å². The van der Waals surface area contributed by atoms with Gasteiger partial charge in [0, 0.05) is 30.4 Å². The maximum atomic E-state index is 12.6. The van der Waals surface area contributed by atoms with Gasteiger partial charge in [-0.3, -0.25) is 4.79 Å². The number of carbonyl (C=O) groups is 1. The monoisotopic (exact) mass is 385 g/mol. The number of alkyl halides is 3. The van der Waals surface area contributed by atoms with Crippen molar-refractivity contribution >= 4 is 31.7 Å². The van der Waals surface area contributed by atoms with E-state index < -0.39 is 21.8 Å². The van der Waals surface area contributed by atoms with Crippen molar-refractivity contribution in [3.8, 4) is 0 Å². The molecular formula is C12H11BrF3NO3S. The summed E-state index contributed by atoms with van der Waals surface area (Å²) in [5.74, 6) is -0.0204. The molecule has 1 aliphatic rings. The van der Waals surface area contributed by atoms with Crippen LogP contribution >= 0.6 is 15.9 Å². The fraction of sp³-hybridized carbons (Fsp3) is 0.417. The number of sulfonamides is 1. The van der Waals surface area contributed by atoms with E-state index in [9.17, 15) is 26.4 Å². The Hall–Kier alpha value is -0.930. The number of halogens is 4. The van der Waals surface area contributed by atoms with Gasteiger partial charge in [-0.05, 0) is 34.1 Å². The SMILES string of the molecule is O=C1CCN(S(=O)(=O)c2ccc(C(F)(F)F)cc2Br)CC1. The van der Waals surface area contributed by atoms with Crippen LogP contribution in [0.25, 0.3) is 0 Å². The van der Waals surface area contributed by atoms with Crippen LogP contribution in [0.1, 0.15) is 18.4 Å². The summed E-state index contributed by atoms with van der Waals surface area (Å²) >= 11 is 2.88. The molecule has 4 nitrogen and oxygen atoms in total. The third-order valence-electron chi connectivity index (χ3n) is 3.16. The molecule has 1 aromatic carbocycles. The first-order valence-electron chi connectivity index (χ1n) is 6.01. The number of piperidine rings is 1. The van der Waals surface area contributed by atoms with Crippen molar-refractivity contribution in [2.45, 2.75) is 23.9 Å². The summed E-state index contributed by atoms with van der Waals surface area (Å²) in [6, 6.07) is 2.40. The topological polar surface area (TPSA) is 54.5 Å². The second-order valence-electron chi connectivity index (χ2n) is 4.59. The fourth-order valence-electron chi connectivity index (χ4n) is 2.00. The van der Waals surface area contributed by atoms with Gasteiger partial charge in [0.1, 0.15) is 5.78 Å². The van der Waals surface area contributed by atoms with Crippen molar-refractivity contribution in [1.82, 2.24) is 4.31 Å². The van der Waals surface area contributed by atoms with Crippen molar-refractivity contribution < 1.29 is 26.4 Å². The summed E-state index contributed by atoms with van der Waals surface area (Å²) in [6.45, 7) is 0.100. The van der Waals surface area contributed by atoms with E-state index in [2.05, 4.69) is 15.9 Å². The number of carbonyl (C=O) groups excluding carboxylic acids is 1. The molecular weight excluding hydrogens is 375 g/mol. The highest BCUT2D eigenvalue weighted by molar-refractivity contribution is 9.10. The maximum Gasteiger partial charge on any atom is 0.416 e. The molecule has 1 saturated heterocycles. The minimum absolute atomic E-state index is 0.0204. The van der Waals surface area contributed by atoms with Gasteiger partial charge < -0.3 is 0 Å². The third kappa shape index (κ3) is 3.46. The van der Waals surface area contributed by atoms with Crippen molar-refractivity contribution in [3.05, 3.63) is 28.2 Å². The van der Waals surface area contributed by atoms with Crippen molar-refractivity contribution in [2.24, 2.45) is 0 Å². The molecule has 0 radical (unpaired) electrons. The van der Waals surface area contributed by atoms with E-state index in [-0.39, 0.29) is 41.1 Å². The lowest BCUT2D eigenvalue weighted by atomic mass is 10.1. The molecule has 0 N–H and O–H groups in total. The summed E-state index contributed by atoms with van der Waals surface area (Å²) in [6.07, 6.45) is -4.29. The molecule has 21 heavy (non-hydrogen) atoms. The van der Waals surface area contributed by atoms with E-state index in [4.69, 9.17) is 0 Å². The summed E-state index contributed by atoms with van der Waals surface area (Å²) in [5, 5.41) is 0. The first-order valence-corrected chi connectivity index (χ1v) is 8.24. The molecule has 0 unspecified atom stereocenters. The number of benzene rings is 1. The number of nitrogens with zero attached hydrogens (tertiary/aromatic N) is 1. The Balaban J connectivity index is 2.35. The van der Waals surface area contributed by atoms with Gasteiger partial charge in [-0.15, -0.1) is 0 Å². The maximum absolute atomic E-state index is 12.6. The van der Waals surface area contributed by atoms with Crippen LogP contribution in [0.5, 0.6) is 0 Å². The van der Waals surface area contributed by atoms with Gasteiger partial charge in [0.2, 0.25) is 10.0 Å². The summed E-state index contributed by atoms with van der Waals surface area (Å²) in [4.78, 5) is 10.9. The molecule has 9 heteroatoms. The second kappa shape index (κ2) is 5.69. The first-order chi connectivity index (χ1) is 9.62. The number of hydrogen-bond acceptors (Lipinski definition) is 3. The van der Waals surface area contributed by atoms with Crippen molar-refractivity contribution in [3.63, 3.8) is 0 Å². The van der Waals surface area contributed by atoms with Crippen LogP contribution in [0, 0.1) is 0 Å². The van der Waals surface area contributed by atoms with E-state index in [1.54, 1.807) is 0 Å². The molecule has 0 amide bonds. The predicted molar refractivity (Wildman–Crippen MR) is 72.1 cm³/mol. The van der Waals surface area contributed by atoms with E-state index in [1.165, 1.54) is 0 Å². The molecule has 0 aromatic heterocycles. The van der Waals surface area contributed by atoms with Crippen LogP contribution in [0.4, 0.5) is 13.2 Å². The van der Waals surface area contributed by atoms with Crippen LogP contribution in [0.2, 0.25) is 0 Å². The Morgan fingerprint density at radius 1 is 1.14 bits per heavy atom. The summed E-state index contributed by atoms with van der Waals surface area (Å²) < 4.78 is 63.5. The average Bonchev–Trinajstić information content (AvgIpc) is 2.37. The third-order valence-corrected chi connectivity index (χ3v) is 6.03. The predicted octanol–water partition coefficient (Wildman–Crippen LogP) is 2.82. The largest absolute Gasteiger partial charge is 0.416 e. The Kier molecular flexibility index (Phi) is 4.46. The summed E-state index contributed by atoms with van der Waals surface area (Å²) in [7, 11) is -3.91.